The summed E-state index contributed by atoms with van der Waals surface area (Å²) in [7, 11) is 2.12. The zero-order valence-electron chi connectivity index (χ0n) is 13.6. The predicted molar refractivity (Wildman–Crippen MR) is 91.1 cm³/mol. The van der Waals surface area contributed by atoms with Crippen LogP contribution in [0, 0.1) is 6.92 Å². The van der Waals surface area contributed by atoms with E-state index in [-0.39, 0.29) is 6.10 Å². The zero-order chi connectivity index (χ0) is 15.7. The molecule has 0 amide bonds. The number of para-hydroxylation sites is 1. The number of rotatable bonds is 3. The summed E-state index contributed by atoms with van der Waals surface area (Å²) < 4.78 is 8.10. The molecule has 3 rings (SSSR count). The topological polar surface area (TPSA) is 13.1 Å². The molecule has 2 heteroatoms. The van der Waals surface area contributed by atoms with Gasteiger partial charge in [0.25, 0.3) is 0 Å². The second-order valence-corrected chi connectivity index (χ2v) is 5.98. The van der Waals surface area contributed by atoms with E-state index < -0.39 is 0 Å². The number of hydrogen-bond acceptors (Lipinski definition) is 1. The summed E-state index contributed by atoms with van der Waals surface area (Å²) in [6.45, 7) is 6.24. The van der Waals surface area contributed by atoms with Gasteiger partial charge >= 0.3 is 0 Å². The van der Waals surface area contributed by atoms with E-state index in [1.807, 2.05) is 6.07 Å². The minimum absolute atomic E-state index is 0.181. The van der Waals surface area contributed by atoms with Crippen LogP contribution in [0.1, 0.15) is 19.4 Å². The Morgan fingerprint density at radius 2 is 1.73 bits per heavy atom. The molecule has 3 aromatic rings. The van der Waals surface area contributed by atoms with Gasteiger partial charge in [-0.1, -0.05) is 18.2 Å². The quantitative estimate of drug-likeness (QED) is 0.651. The van der Waals surface area contributed by atoms with Crippen molar-refractivity contribution in [2.45, 2.75) is 26.9 Å². The van der Waals surface area contributed by atoms with Gasteiger partial charge in [-0.3, -0.25) is 0 Å². The molecule has 0 spiro atoms. The van der Waals surface area contributed by atoms with Crippen molar-refractivity contribution < 1.29 is 9.30 Å². The maximum absolute atomic E-state index is 5.85. The maximum atomic E-state index is 5.85. The molecule has 0 aliphatic heterocycles. The van der Waals surface area contributed by atoms with Crippen molar-refractivity contribution in [1.29, 1.82) is 0 Å². The average Bonchev–Trinajstić information content (AvgIpc) is 2.50. The molecule has 0 saturated heterocycles. The van der Waals surface area contributed by atoms with Gasteiger partial charge in [-0.15, -0.1) is 0 Å². The van der Waals surface area contributed by atoms with Gasteiger partial charge < -0.3 is 4.74 Å². The lowest BCUT2D eigenvalue weighted by molar-refractivity contribution is -0.633. The number of pyridine rings is 1. The molecular formula is C20H22NO+. The second kappa shape index (κ2) is 5.80. The van der Waals surface area contributed by atoms with Crippen molar-refractivity contribution in [3.8, 4) is 17.0 Å². The Hall–Kier alpha value is -2.35. The van der Waals surface area contributed by atoms with Crippen LogP contribution in [-0.4, -0.2) is 6.10 Å². The fraction of sp³-hybridized carbons (Fsp3) is 0.250. The lowest BCUT2D eigenvalue weighted by Crippen LogP contribution is -2.32. The minimum Gasteiger partial charge on any atom is -0.491 e. The first kappa shape index (κ1) is 14.6. The van der Waals surface area contributed by atoms with Gasteiger partial charge in [0.15, 0.2) is 0 Å². The van der Waals surface area contributed by atoms with Gasteiger partial charge in [-0.25, -0.2) is 0 Å². The van der Waals surface area contributed by atoms with E-state index in [2.05, 4.69) is 80.9 Å². The van der Waals surface area contributed by atoms with Crippen LogP contribution in [0.25, 0.3) is 22.2 Å². The summed E-state index contributed by atoms with van der Waals surface area (Å²) >= 11 is 0. The van der Waals surface area contributed by atoms with E-state index in [4.69, 9.17) is 4.74 Å². The maximum Gasteiger partial charge on any atom is 0.213 e. The fourth-order valence-corrected chi connectivity index (χ4v) is 2.84. The normalized spacial score (nSPS) is 11.1. The summed E-state index contributed by atoms with van der Waals surface area (Å²) in [4.78, 5) is 0. The smallest absolute Gasteiger partial charge is 0.213 e. The Morgan fingerprint density at radius 1 is 0.955 bits per heavy atom. The predicted octanol–water partition coefficient (Wildman–Crippen LogP) is 4.43. The van der Waals surface area contributed by atoms with Crippen molar-refractivity contribution in [2.75, 3.05) is 0 Å². The molecule has 0 aliphatic carbocycles. The van der Waals surface area contributed by atoms with Crippen LogP contribution in [0.2, 0.25) is 0 Å². The summed E-state index contributed by atoms with van der Waals surface area (Å²) in [5.74, 6) is 0.920. The molecule has 0 unspecified atom stereocenters. The molecule has 112 valence electrons. The SMILES string of the molecule is Cc1ccc(OC(C)C)cc1-c1ccc2ccccc2[n+]1C. The number of ether oxygens (including phenoxy) is 1. The van der Waals surface area contributed by atoms with Crippen LogP contribution < -0.4 is 9.30 Å². The molecule has 2 aromatic carbocycles. The highest BCUT2D eigenvalue weighted by molar-refractivity contribution is 5.78. The summed E-state index contributed by atoms with van der Waals surface area (Å²) in [6.07, 6.45) is 0.181. The second-order valence-electron chi connectivity index (χ2n) is 5.98. The third kappa shape index (κ3) is 2.69. The van der Waals surface area contributed by atoms with E-state index in [0.29, 0.717) is 0 Å². The van der Waals surface area contributed by atoms with E-state index in [1.54, 1.807) is 0 Å². The standard InChI is InChI=1S/C20H22NO/c1-14(2)22-17-11-9-15(3)18(13-17)20-12-10-16-7-5-6-8-19(16)21(20)4/h5-14H,1-4H3/q+1. The highest BCUT2D eigenvalue weighted by Crippen LogP contribution is 2.27. The monoisotopic (exact) mass is 292 g/mol. The first-order valence-electron chi connectivity index (χ1n) is 7.72. The van der Waals surface area contributed by atoms with Crippen LogP contribution in [0.15, 0.2) is 54.6 Å². The van der Waals surface area contributed by atoms with Crippen molar-refractivity contribution in [3.63, 3.8) is 0 Å². The third-order valence-electron chi connectivity index (χ3n) is 3.94. The van der Waals surface area contributed by atoms with Crippen molar-refractivity contribution in [1.82, 2.24) is 0 Å². The van der Waals surface area contributed by atoms with E-state index in [0.717, 1.165) is 5.75 Å². The fourth-order valence-electron chi connectivity index (χ4n) is 2.84. The molecule has 0 radical (unpaired) electrons. The number of aromatic nitrogens is 1. The van der Waals surface area contributed by atoms with Gasteiger partial charge in [-0.2, -0.15) is 4.57 Å². The minimum atomic E-state index is 0.181. The number of fused-ring (bicyclic) bond motifs is 1. The Kier molecular flexibility index (Phi) is 3.84. The van der Waals surface area contributed by atoms with Crippen molar-refractivity contribution >= 4 is 10.9 Å². The number of hydrogen-bond donors (Lipinski definition) is 0. The lowest BCUT2D eigenvalue weighted by Gasteiger charge is -2.12. The van der Waals surface area contributed by atoms with Crippen LogP contribution in [0.3, 0.4) is 0 Å². The molecule has 1 aromatic heterocycles. The van der Waals surface area contributed by atoms with E-state index >= 15 is 0 Å². The molecule has 0 N–H and O–H groups in total. The number of benzene rings is 2. The molecule has 0 fully saturated rings. The largest absolute Gasteiger partial charge is 0.491 e. The zero-order valence-corrected chi connectivity index (χ0v) is 13.6. The first-order chi connectivity index (χ1) is 10.6. The lowest BCUT2D eigenvalue weighted by atomic mass is 10.0. The number of nitrogens with zero attached hydrogens (tertiary/aromatic N) is 1. The van der Waals surface area contributed by atoms with Crippen LogP contribution in [-0.2, 0) is 7.05 Å². The molecule has 0 aliphatic rings. The molecule has 0 bridgehead atoms. The summed E-state index contributed by atoms with van der Waals surface area (Å²) in [6, 6.07) is 19.1. The van der Waals surface area contributed by atoms with Crippen molar-refractivity contribution in [2.24, 2.45) is 7.05 Å². The molecule has 0 saturated carbocycles. The molecule has 22 heavy (non-hydrogen) atoms. The van der Waals surface area contributed by atoms with Crippen molar-refractivity contribution in [3.05, 3.63) is 60.2 Å². The summed E-state index contributed by atoms with van der Waals surface area (Å²) in [5.41, 5.74) is 4.90. The van der Waals surface area contributed by atoms with Gasteiger partial charge in [0.2, 0.25) is 11.2 Å². The molecular weight excluding hydrogens is 270 g/mol. The first-order valence-corrected chi connectivity index (χ1v) is 7.72. The average molecular weight is 292 g/mol. The Labute approximate surface area is 132 Å². The third-order valence-corrected chi connectivity index (χ3v) is 3.94. The van der Waals surface area contributed by atoms with Gasteiger partial charge in [0.1, 0.15) is 12.8 Å². The van der Waals surface area contributed by atoms with Gasteiger partial charge in [0.05, 0.1) is 11.7 Å². The molecule has 2 nitrogen and oxygen atoms in total. The van der Waals surface area contributed by atoms with Gasteiger partial charge in [0, 0.05) is 17.5 Å². The highest BCUT2D eigenvalue weighted by Gasteiger charge is 2.16. The summed E-state index contributed by atoms with van der Waals surface area (Å²) in [5, 5.41) is 1.25. The van der Waals surface area contributed by atoms with Crippen LogP contribution in [0.4, 0.5) is 0 Å². The van der Waals surface area contributed by atoms with E-state index in [1.165, 1.54) is 27.7 Å². The van der Waals surface area contributed by atoms with Crippen LogP contribution >= 0.6 is 0 Å². The number of aryl methyl sites for hydroxylation is 2. The van der Waals surface area contributed by atoms with E-state index in [9.17, 15) is 0 Å². The Morgan fingerprint density at radius 3 is 2.50 bits per heavy atom. The van der Waals surface area contributed by atoms with Gasteiger partial charge in [-0.05, 0) is 50.6 Å². The van der Waals surface area contributed by atoms with Crippen LogP contribution in [0.5, 0.6) is 5.75 Å². The Bertz CT molecular complexity index is 821. The highest BCUT2D eigenvalue weighted by atomic mass is 16.5. The molecule has 1 heterocycles. The molecule has 0 atom stereocenters. The Balaban J connectivity index is 2.16.